The molecule has 5 unspecified atom stereocenters. The van der Waals surface area contributed by atoms with Crippen LogP contribution in [0.3, 0.4) is 0 Å². The molecule has 1 aliphatic rings. The van der Waals surface area contributed by atoms with E-state index >= 15 is 0 Å². The fourth-order valence-corrected chi connectivity index (χ4v) is 2.42. The molecule has 1 fully saturated rings. The number of carbonyl (C=O) groups is 3. The van der Waals surface area contributed by atoms with Gasteiger partial charge in [-0.25, -0.2) is 0 Å². The zero-order valence-electron chi connectivity index (χ0n) is 13.1. The van der Waals surface area contributed by atoms with E-state index in [9.17, 15) is 19.5 Å². The fraction of sp³-hybridized carbons (Fsp3) is 0.786. The first-order valence-electron chi connectivity index (χ1n) is 7.07. The number of esters is 3. The maximum atomic E-state index is 11.2. The molecule has 8 heteroatoms. The van der Waals surface area contributed by atoms with E-state index in [0.29, 0.717) is 6.42 Å². The maximum absolute atomic E-state index is 11.2. The minimum atomic E-state index is -1.25. The van der Waals surface area contributed by atoms with Gasteiger partial charge < -0.3 is 24.1 Å². The Morgan fingerprint density at radius 1 is 1.05 bits per heavy atom. The van der Waals surface area contributed by atoms with Crippen LogP contribution in [0.1, 0.15) is 34.1 Å². The molecule has 0 aliphatic carbocycles. The molecule has 1 N–H and O–H groups in total. The molecule has 0 bridgehead atoms. The van der Waals surface area contributed by atoms with E-state index in [4.69, 9.17) is 18.9 Å². The van der Waals surface area contributed by atoms with Crippen LogP contribution in [0, 0.1) is 5.92 Å². The van der Waals surface area contributed by atoms with E-state index in [0.717, 1.165) is 0 Å². The Morgan fingerprint density at radius 2 is 1.64 bits per heavy atom. The van der Waals surface area contributed by atoms with Gasteiger partial charge in [-0.1, -0.05) is 6.92 Å². The lowest BCUT2D eigenvalue weighted by Crippen LogP contribution is -2.58. The molecule has 8 nitrogen and oxygen atoms in total. The monoisotopic (exact) mass is 318 g/mol. The van der Waals surface area contributed by atoms with E-state index < -0.39 is 48.4 Å². The zero-order chi connectivity index (χ0) is 16.9. The third kappa shape index (κ3) is 4.96. The van der Waals surface area contributed by atoms with Gasteiger partial charge in [-0.3, -0.25) is 14.4 Å². The average Bonchev–Trinajstić information content (AvgIpc) is 2.39. The van der Waals surface area contributed by atoms with Crippen molar-refractivity contribution in [2.75, 3.05) is 6.61 Å². The quantitative estimate of drug-likeness (QED) is 0.564. The molecule has 0 spiro atoms. The Morgan fingerprint density at radius 3 is 2.09 bits per heavy atom. The topological polar surface area (TPSA) is 108 Å². The summed E-state index contributed by atoms with van der Waals surface area (Å²) >= 11 is 0. The van der Waals surface area contributed by atoms with Crippen molar-refractivity contribution in [1.29, 1.82) is 0 Å². The van der Waals surface area contributed by atoms with E-state index in [1.54, 1.807) is 0 Å². The first-order chi connectivity index (χ1) is 10.3. The molecule has 5 atom stereocenters. The number of aliphatic hydroxyl groups excluding tert-OH is 1. The lowest BCUT2D eigenvalue weighted by atomic mass is 9.87. The summed E-state index contributed by atoms with van der Waals surface area (Å²) in [6.45, 7) is 5.34. The summed E-state index contributed by atoms with van der Waals surface area (Å²) in [5, 5.41) is 10.4. The normalized spacial score (nSPS) is 31.2. The molecule has 126 valence electrons. The summed E-state index contributed by atoms with van der Waals surface area (Å²) in [5.74, 6) is -2.19. The Bertz CT molecular complexity index is 419. The summed E-state index contributed by atoms with van der Waals surface area (Å²) in [6, 6.07) is 0. The minimum absolute atomic E-state index is 0.0878. The Labute approximate surface area is 128 Å². The summed E-state index contributed by atoms with van der Waals surface area (Å²) in [5.41, 5.74) is 0. The average molecular weight is 318 g/mol. The molecule has 0 aromatic rings. The Balaban J connectivity index is 2.93. The molecule has 1 heterocycles. The molecule has 0 radical (unpaired) electrons. The number of ether oxygens (including phenoxy) is 4. The molecule has 0 saturated carbocycles. The van der Waals surface area contributed by atoms with Crippen molar-refractivity contribution >= 4 is 17.9 Å². The van der Waals surface area contributed by atoms with Gasteiger partial charge in [-0.15, -0.1) is 0 Å². The number of hydrogen-bond acceptors (Lipinski definition) is 8. The van der Waals surface area contributed by atoms with Gasteiger partial charge in [-0.2, -0.15) is 0 Å². The van der Waals surface area contributed by atoms with Crippen LogP contribution >= 0.6 is 0 Å². The lowest BCUT2D eigenvalue weighted by molar-refractivity contribution is -0.286. The van der Waals surface area contributed by atoms with Crippen LogP contribution in [0.25, 0.3) is 0 Å². The van der Waals surface area contributed by atoms with Crippen molar-refractivity contribution in [3.05, 3.63) is 0 Å². The maximum Gasteiger partial charge on any atom is 0.305 e. The van der Waals surface area contributed by atoms with Crippen molar-refractivity contribution in [3.8, 4) is 0 Å². The molecule has 0 aromatic carbocycles. The highest BCUT2D eigenvalue weighted by Gasteiger charge is 2.48. The van der Waals surface area contributed by atoms with Gasteiger partial charge in [0.1, 0.15) is 18.8 Å². The van der Waals surface area contributed by atoms with E-state index in [1.807, 2.05) is 6.92 Å². The lowest BCUT2D eigenvalue weighted by Gasteiger charge is -2.42. The van der Waals surface area contributed by atoms with Crippen LogP contribution < -0.4 is 0 Å². The van der Waals surface area contributed by atoms with Gasteiger partial charge in [0.2, 0.25) is 6.29 Å². The van der Waals surface area contributed by atoms with Crippen molar-refractivity contribution in [2.24, 2.45) is 5.92 Å². The second kappa shape index (κ2) is 8.09. The highest BCUT2D eigenvalue weighted by Crippen LogP contribution is 2.31. The largest absolute Gasteiger partial charge is 0.463 e. The smallest absolute Gasteiger partial charge is 0.305 e. The number of aliphatic hydroxyl groups is 1. The van der Waals surface area contributed by atoms with Crippen molar-refractivity contribution < 1.29 is 38.4 Å². The molecule has 0 aromatic heterocycles. The summed E-state index contributed by atoms with van der Waals surface area (Å²) in [6.07, 6.45) is -3.65. The Hall–Kier alpha value is -1.67. The van der Waals surface area contributed by atoms with Crippen molar-refractivity contribution in [2.45, 2.75) is 58.7 Å². The first kappa shape index (κ1) is 18.4. The van der Waals surface area contributed by atoms with Crippen LogP contribution in [0.5, 0.6) is 0 Å². The van der Waals surface area contributed by atoms with Gasteiger partial charge in [0.15, 0.2) is 6.10 Å². The third-order valence-electron chi connectivity index (χ3n) is 3.34. The van der Waals surface area contributed by atoms with E-state index in [2.05, 4.69) is 0 Å². The number of rotatable bonds is 5. The number of hydrogen-bond donors (Lipinski definition) is 1. The van der Waals surface area contributed by atoms with Crippen LogP contribution in [-0.2, 0) is 33.3 Å². The predicted molar refractivity (Wildman–Crippen MR) is 72.4 cm³/mol. The Kier molecular flexibility index (Phi) is 6.76. The molecular formula is C14H22O8. The summed E-state index contributed by atoms with van der Waals surface area (Å²) in [7, 11) is 0. The fourth-order valence-electron chi connectivity index (χ4n) is 2.42. The van der Waals surface area contributed by atoms with Crippen molar-refractivity contribution in [3.63, 3.8) is 0 Å². The van der Waals surface area contributed by atoms with Crippen LogP contribution in [0.2, 0.25) is 0 Å². The van der Waals surface area contributed by atoms with Gasteiger partial charge >= 0.3 is 17.9 Å². The molecular weight excluding hydrogens is 296 g/mol. The van der Waals surface area contributed by atoms with E-state index in [-0.39, 0.29) is 6.61 Å². The summed E-state index contributed by atoms with van der Waals surface area (Å²) in [4.78, 5) is 33.3. The molecule has 22 heavy (non-hydrogen) atoms. The number of carbonyl (C=O) groups excluding carboxylic acids is 3. The van der Waals surface area contributed by atoms with Gasteiger partial charge in [0, 0.05) is 26.7 Å². The van der Waals surface area contributed by atoms with Crippen LogP contribution in [0.4, 0.5) is 0 Å². The van der Waals surface area contributed by atoms with Gasteiger partial charge in [0.05, 0.1) is 0 Å². The molecule has 1 aliphatic heterocycles. The van der Waals surface area contributed by atoms with Crippen LogP contribution in [0.15, 0.2) is 0 Å². The third-order valence-corrected chi connectivity index (χ3v) is 3.34. The standard InChI is InChI=1S/C14H22O8/c1-5-10-11(6-19-7(2)15)22-14(21-9(4)17)13(12(10)18)20-8(3)16/h10-14,18H,5-6H2,1-4H3. The first-order valence-corrected chi connectivity index (χ1v) is 7.07. The predicted octanol–water partition coefficient (Wildman–Crippen LogP) is 0.156. The van der Waals surface area contributed by atoms with Crippen LogP contribution in [-0.4, -0.2) is 54.2 Å². The minimum Gasteiger partial charge on any atom is -0.463 e. The van der Waals surface area contributed by atoms with Gasteiger partial charge in [-0.05, 0) is 6.42 Å². The molecule has 1 rings (SSSR count). The van der Waals surface area contributed by atoms with Crippen molar-refractivity contribution in [1.82, 2.24) is 0 Å². The molecule has 1 saturated heterocycles. The summed E-state index contributed by atoms with van der Waals surface area (Å²) < 4.78 is 20.5. The second-order valence-electron chi connectivity index (χ2n) is 5.09. The highest BCUT2D eigenvalue weighted by molar-refractivity contribution is 5.67. The highest BCUT2D eigenvalue weighted by atomic mass is 16.7. The zero-order valence-corrected chi connectivity index (χ0v) is 13.1. The van der Waals surface area contributed by atoms with E-state index in [1.165, 1.54) is 20.8 Å². The molecule has 0 amide bonds. The SMILES string of the molecule is CCC1C(COC(C)=O)OC(OC(C)=O)C(OC(C)=O)C1O. The second-order valence-corrected chi connectivity index (χ2v) is 5.09. The van der Waals surface area contributed by atoms with Gasteiger partial charge in [0.25, 0.3) is 0 Å².